The van der Waals surface area contributed by atoms with E-state index in [9.17, 15) is 9.65 Å². The first-order valence-corrected chi connectivity index (χ1v) is 6.41. The van der Waals surface area contributed by atoms with Crippen molar-refractivity contribution in [2.24, 2.45) is 0 Å². The lowest BCUT2D eigenvalue weighted by atomic mass is 10.0. The van der Waals surface area contributed by atoms with Crippen LogP contribution in [0.1, 0.15) is 30.7 Å². The zero-order valence-electron chi connectivity index (χ0n) is 11.4. The average molecular weight is 271 g/mol. The highest BCUT2D eigenvalue weighted by Crippen LogP contribution is 2.26. The Morgan fingerprint density at radius 2 is 2.05 bits per heavy atom. The third-order valence-electron chi connectivity index (χ3n) is 2.94. The molecule has 0 N–H and O–H groups in total. The predicted octanol–water partition coefficient (Wildman–Crippen LogP) is 3.40. The van der Waals surface area contributed by atoms with Crippen LogP contribution in [0.4, 0.5) is 4.39 Å². The first-order valence-electron chi connectivity index (χ1n) is 6.41. The van der Waals surface area contributed by atoms with Gasteiger partial charge in [-0.25, -0.2) is 4.39 Å². The summed E-state index contributed by atoms with van der Waals surface area (Å²) in [4.78, 5) is 0. The number of ether oxygens (including phenoxy) is 1. The van der Waals surface area contributed by atoms with Gasteiger partial charge in [-0.1, -0.05) is 19.9 Å². The lowest BCUT2D eigenvalue weighted by molar-refractivity contribution is 0.446. The molecule has 0 bridgehead atoms. The van der Waals surface area contributed by atoms with Crippen LogP contribution in [-0.4, -0.2) is 10.2 Å². The van der Waals surface area contributed by atoms with E-state index in [2.05, 4.69) is 16.3 Å². The van der Waals surface area contributed by atoms with Gasteiger partial charge in [-0.15, -0.1) is 5.10 Å². The van der Waals surface area contributed by atoms with Gasteiger partial charge in [-0.2, -0.15) is 10.4 Å². The molecule has 20 heavy (non-hydrogen) atoms. The minimum absolute atomic E-state index is 0.118. The van der Waals surface area contributed by atoms with Gasteiger partial charge in [0.2, 0.25) is 0 Å². The molecule has 0 fully saturated rings. The number of hydrogen-bond acceptors (Lipinski definition) is 4. The first-order chi connectivity index (χ1) is 9.69. The third kappa shape index (κ3) is 2.75. The molecule has 0 aliphatic rings. The van der Waals surface area contributed by atoms with Gasteiger partial charge in [0.05, 0.1) is 5.69 Å². The smallest absolute Gasteiger partial charge is 0.257 e. The fraction of sp³-hybridized carbons (Fsp3) is 0.267. The van der Waals surface area contributed by atoms with Gasteiger partial charge < -0.3 is 4.74 Å². The van der Waals surface area contributed by atoms with Gasteiger partial charge in [-0.05, 0) is 30.5 Å². The van der Waals surface area contributed by atoms with Crippen molar-refractivity contribution in [3.63, 3.8) is 0 Å². The van der Waals surface area contributed by atoms with Crippen molar-refractivity contribution in [3.05, 3.63) is 46.9 Å². The fourth-order valence-corrected chi connectivity index (χ4v) is 1.98. The topological polar surface area (TPSA) is 58.8 Å². The maximum atomic E-state index is 13.1. The molecule has 0 saturated carbocycles. The third-order valence-corrected chi connectivity index (χ3v) is 2.94. The average Bonchev–Trinajstić information content (AvgIpc) is 2.46. The molecule has 0 amide bonds. The molecule has 5 heteroatoms. The van der Waals surface area contributed by atoms with Crippen molar-refractivity contribution >= 4 is 0 Å². The van der Waals surface area contributed by atoms with Crippen LogP contribution in [0, 0.1) is 17.1 Å². The van der Waals surface area contributed by atoms with Crippen LogP contribution < -0.4 is 4.74 Å². The van der Waals surface area contributed by atoms with E-state index in [1.807, 2.05) is 13.8 Å². The van der Waals surface area contributed by atoms with E-state index in [4.69, 9.17) is 4.74 Å². The molecule has 2 rings (SSSR count). The van der Waals surface area contributed by atoms with Crippen molar-refractivity contribution in [2.45, 2.75) is 26.7 Å². The Morgan fingerprint density at radius 1 is 1.25 bits per heavy atom. The number of aromatic nitrogens is 2. The standard InChI is InChI=1S/C15H14FN3O/c1-3-12-13(9-17)15(19-18-14(12)4-2)20-11-7-5-6-10(16)8-11/h5-8H,3-4H2,1-2H3. The number of hydrogen-bond donors (Lipinski definition) is 0. The number of nitrogens with zero attached hydrogens (tertiary/aromatic N) is 3. The minimum atomic E-state index is -0.408. The molecule has 0 aliphatic carbocycles. The summed E-state index contributed by atoms with van der Waals surface area (Å²) in [5, 5.41) is 17.3. The van der Waals surface area contributed by atoms with E-state index in [0.717, 1.165) is 11.3 Å². The monoisotopic (exact) mass is 271 g/mol. The second-order valence-corrected chi connectivity index (χ2v) is 4.18. The lowest BCUT2D eigenvalue weighted by Crippen LogP contribution is -2.05. The molecule has 0 aliphatic heterocycles. The highest BCUT2D eigenvalue weighted by Gasteiger charge is 2.16. The highest BCUT2D eigenvalue weighted by atomic mass is 19.1. The summed E-state index contributed by atoms with van der Waals surface area (Å²) in [6, 6.07) is 7.80. The van der Waals surface area contributed by atoms with E-state index < -0.39 is 5.82 Å². The van der Waals surface area contributed by atoms with Crippen molar-refractivity contribution in [1.29, 1.82) is 5.26 Å². The maximum absolute atomic E-state index is 13.1. The quantitative estimate of drug-likeness (QED) is 0.855. The molecule has 0 unspecified atom stereocenters. The molecular weight excluding hydrogens is 257 g/mol. The van der Waals surface area contributed by atoms with Gasteiger partial charge in [0.15, 0.2) is 0 Å². The molecule has 4 nitrogen and oxygen atoms in total. The van der Waals surface area contributed by atoms with Crippen LogP contribution in [0.15, 0.2) is 24.3 Å². The highest BCUT2D eigenvalue weighted by molar-refractivity contribution is 5.47. The van der Waals surface area contributed by atoms with Crippen molar-refractivity contribution in [3.8, 4) is 17.7 Å². The molecule has 1 aromatic heterocycles. The van der Waals surface area contributed by atoms with E-state index in [1.165, 1.54) is 18.2 Å². The molecule has 0 saturated heterocycles. The Labute approximate surface area is 116 Å². The van der Waals surface area contributed by atoms with E-state index in [0.29, 0.717) is 24.2 Å². The zero-order chi connectivity index (χ0) is 14.5. The first kappa shape index (κ1) is 13.9. The van der Waals surface area contributed by atoms with Crippen molar-refractivity contribution in [2.75, 3.05) is 0 Å². The minimum Gasteiger partial charge on any atom is -0.436 e. The van der Waals surface area contributed by atoms with Crippen LogP contribution in [0.2, 0.25) is 0 Å². The SMILES string of the molecule is CCc1nnc(Oc2cccc(F)c2)c(C#N)c1CC. The lowest BCUT2D eigenvalue weighted by Gasteiger charge is -2.11. The van der Waals surface area contributed by atoms with Gasteiger partial charge in [0.25, 0.3) is 5.88 Å². The molecule has 0 spiro atoms. The summed E-state index contributed by atoms with van der Waals surface area (Å²) in [7, 11) is 0. The molecule has 0 atom stereocenters. The predicted molar refractivity (Wildman–Crippen MR) is 72.0 cm³/mol. The molecular formula is C15H14FN3O. The summed E-state index contributed by atoms with van der Waals surface area (Å²) in [6.45, 7) is 3.90. The Morgan fingerprint density at radius 3 is 2.65 bits per heavy atom. The molecule has 102 valence electrons. The van der Waals surface area contributed by atoms with Crippen molar-refractivity contribution in [1.82, 2.24) is 10.2 Å². The van der Waals surface area contributed by atoms with E-state index in [-0.39, 0.29) is 5.88 Å². The van der Waals surface area contributed by atoms with Crippen LogP contribution in [-0.2, 0) is 12.8 Å². The number of nitriles is 1. The van der Waals surface area contributed by atoms with Gasteiger partial charge in [0, 0.05) is 6.07 Å². The summed E-state index contributed by atoms with van der Waals surface area (Å²) >= 11 is 0. The second kappa shape index (κ2) is 6.11. The summed E-state index contributed by atoms with van der Waals surface area (Å²) in [6.07, 6.45) is 1.37. The van der Waals surface area contributed by atoms with Gasteiger partial charge in [0.1, 0.15) is 23.2 Å². The molecule has 1 heterocycles. The maximum Gasteiger partial charge on any atom is 0.257 e. The largest absolute Gasteiger partial charge is 0.436 e. The van der Waals surface area contributed by atoms with E-state index >= 15 is 0 Å². The van der Waals surface area contributed by atoms with Crippen LogP contribution in [0.5, 0.6) is 11.6 Å². The second-order valence-electron chi connectivity index (χ2n) is 4.18. The fourth-order valence-electron chi connectivity index (χ4n) is 1.98. The Bertz CT molecular complexity index is 665. The molecule has 1 aromatic carbocycles. The zero-order valence-corrected chi connectivity index (χ0v) is 11.4. The van der Waals surface area contributed by atoms with Gasteiger partial charge >= 0.3 is 0 Å². The van der Waals surface area contributed by atoms with Crippen LogP contribution >= 0.6 is 0 Å². The Kier molecular flexibility index (Phi) is 4.26. The van der Waals surface area contributed by atoms with Gasteiger partial charge in [-0.3, -0.25) is 0 Å². The Balaban J connectivity index is 2.45. The number of benzene rings is 1. The summed E-state index contributed by atoms with van der Waals surface area (Å²) < 4.78 is 18.6. The Hall–Kier alpha value is -2.48. The molecule has 0 radical (unpaired) electrons. The number of aryl methyl sites for hydroxylation is 1. The van der Waals surface area contributed by atoms with Crippen molar-refractivity contribution < 1.29 is 9.13 Å². The summed E-state index contributed by atoms with van der Waals surface area (Å²) in [5.41, 5.74) is 1.98. The normalized spacial score (nSPS) is 10.1. The van der Waals surface area contributed by atoms with E-state index in [1.54, 1.807) is 6.07 Å². The number of halogens is 1. The summed E-state index contributed by atoms with van der Waals surface area (Å²) in [5.74, 6) is 0.00381. The van der Waals surface area contributed by atoms with Crippen LogP contribution in [0.25, 0.3) is 0 Å². The van der Waals surface area contributed by atoms with Crippen LogP contribution in [0.3, 0.4) is 0 Å². The number of rotatable bonds is 4. The molecule has 2 aromatic rings.